The van der Waals surface area contributed by atoms with Gasteiger partial charge in [-0.3, -0.25) is 4.79 Å². The SMILES string of the molecule is O=Cc1c(-c2cnc[nH]2)nc2n1CCS2. The molecule has 2 aromatic heterocycles. The zero-order chi connectivity index (χ0) is 10.3. The number of carbonyl (C=O) groups is 1. The molecule has 0 bridgehead atoms. The number of thioether (sulfide) groups is 1. The monoisotopic (exact) mass is 220 g/mol. The van der Waals surface area contributed by atoms with Gasteiger partial charge in [0.25, 0.3) is 0 Å². The predicted molar refractivity (Wildman–Crippen MR) is 55.9 cm³/mol. The predicted octanol–water partition coefficient (Wildman–Crippen LogP) is 1.19. The summed E-state index contributed by atoms with van der Waals surface area (Å²) in [5.41, 5.74) is 2.13. The largest absolute Gasteiger partial charge is 0.343 e. The van der Waals surface area contributed by atoms with Crippen LogP contribution in [0.3, 0.4) is 0 Å². The Morgan fingerprint density at radius 2 is 2.53 bits per heavy atom. The number of H-pyrrole nitrogens is 1. The Kier molecular flexibility index (Phi) is 1.88. The number of aromatic nitrogens is 4. The number of nitrogens with one attached hydrogen (secondary N) is 1. The van der Waals surface area contributed by atoms with Gasteiger partial charge in [-0.25, -0.2) is 9.97 Å². The lowest BCUT2D eigenvalue weighted by atomic mass is 10.3. The van der Waals surface area contributed by atoms with Crippen molar-refractivity contribution in [2.45, 2.75) is 11.7 Å². The smallest absolute Gasteiger partial charge is 0.169 e. The lowest BCUT2D eigenvalue weighted by molar-refractivity contribution is 0.111. The molecular weight excluding hydrogens is 212 g/mol. The number of imidazole rings is 2. The molecule has 0 saturated carbocycles. The Labute approximate surface area is 89.9 Å². The highest BCUT2D eigenvalue weighted by Crippen LogP contribution is 2.31. The number of aromatic amines is 1. The summed E-state index contributed by atoms with van der Waals surface area (Å²) in [6, 6.07) is 0. The van der Waals surface area contributed by atoms with Crippen molar-refractivity contribution in [3.8, 4) is 11.4 Å². The maximum Gasteiger partial charge on any atom is 0.169 e. The quantitative estimate of drug-likeness (QED) is 0.772. The van der Waals surface area contributed by atoms with E-state index in [1.54, 1.807) is 24.3 Å². The number of hydrogen-bond acceptors (Lipinski definition) is 4. The average Bonchev–Trinajstić information content (AvgIpc) is 2.93. The van der Waals surface area contributed by atoms with E-state index in [1.165, 1.54) is 0 Å². The van der Waals surface area contributed by atoms with E-state index in [4.69, 9.17) is 0 Å². The molecule has 0 atom stereocenters. The molecule has 6 heteroatoms. The number of carbonyl (C=O) groups excluding carboxylic acids is 1. The Morgan fingerprint density at radius 1 is 1.60 bits per heavy atom. The second-order valence-corrected chi connectivity index (χ2v) is 4.27. The molecule has 0 fully saturated rings. The summed E-state index contributed by atoms with van der Waals surface area (Å²) in [5.74, 6) is 0.992. The Bertz CT molecular complexity index is 502. The lowest BCUT2D eigenvalue weighted by Crippen LogP contribution is -2.00. The molecule has 0 unspecified atom stereocenters. The van der Waals surface area contributed by atoms with E-state index in [1.807, 2.05) is 4.57 Å². The van der Waals surface area contributed by atoms with Crippen LogP contribution in [0.5, 0.6) is 0 Å². The summed E-state index contributed by atoms with van der Waals surface area (Å²) in [6.45, 7) is 0.856. The summed E-state index contributed by atoms with van der Waals surface area (Å²) < 4.78 is 1.95. The fourth-order valence-electron chi connectivity index (χ4n) is 1.70. The third-order valence-electron chi connectivity index (χ3n) is 2.38. The van der Waals surface area contributed by atoms with Crippen LogP contribution in [0.1, 0.15) is 10.5 Å². The van der Waals surface area contributed by atoms with Crippen molar-refractivity contribution in [2.75, 3.05) is 5.75 Å². The van der Waals surface area contributed by atoms with Crippen LogP contribution in [0.15, 0.2) is 17.7 Å². The summed E-state index contributed by atoms with van der Waals surface area (Å²) >= 11 is 1.67. The topological polar surface area (TPSA) is 63.6 Å². The van der Waals surface area contributed by atoms with Gasteiger partial charge in [0, 0.05) is 12.3 Å². The third-order valence-corrected chi connectivity index (χ3v) is 3.34. The van der Waals surface area contributed by atoms with E-state index in [0.717, 1.165) is 29.4 Å². The van der Waals surface area contributed by atoms with Gasteiger partial charge in [0.1, 0.15) is 11.4 Å². The van der Waals surface area contributed by atoms with Gasteiger partial charge in [-0.2, -0.15) is 0 Å². The van der Waals surface area contributed by atoms with Crippen molar-refractivity contribution < 1.29 is 4.79 Å². The minimum absolute atomic E-state index is 0.638. The summed E-state index contributed by atoms with van der Waals surface area (Å²) in [7, 11) is 0. The molecule has 0 spiro atoms. The van der Waals surface area contributed by atoms with Gasteiger partial charge in [-0.1, -0.05) is 11.8 Å². The van der Waals surface area contributed by atoms with E-state index >= 15 is 0 Å². The Hall–Kier alpha value is -1.56. The van der Waals surface area contributed by atoms with Crippen LogP contribution >= 0.6 is 11.8 Å². The highest BCUT2D eigenvalue weighted by molar-refractivity contribution is 7.99. The minimum atomic E-state index is 0.638. The van der Waals surface area contributed by atoms with Crippen LogP contribution in [0.2, 0.25) is 0 Å². The average molecular weight is 220 g/mol. The zero-order valence-corrected chi connectivity index (χ0v) is 8.62. The molecule has 0 saturated heterocycles. The molecule has 1 aliphatic rings. The molecule has 15 heavy (non-hydrogen) atoms. The fourth-order valence-corrected chi connectivity index (χ4v) is 2.66. The standard InChI is InChI=1S/C9H8N4OS/c14-4-7-8(6-3-10-5-11-6)12-9-13(7)1-2-15-9/h3-5H,1-2H2,(H,10,11). The normalized spacial score (nSPS) is 14.1. The molecule has 0 amide bonds. The number of nitrogens with zero attached hydrogens (tertiary/aromatic N) is 3. The molecule has 3 rings (SSSR count). The Morgan fingerprint density at radius 3 is 3.27 bits per heavy atom. The van der Waals surface area contributed by atoms with Crippen molar-refractivity contribution in [1.82, 2.24) is 19.5 Å². The van der Waals surface area contributed by atoms with Crippen molar-refractivity contribution in [2.24, 2.45) is 0 Å². The molecule has 0 aromatic carbocycles. The van der Waals surface area contributed by atoms with E-state index < -0.39 is 0 Å². The number of fused-ring (bicyclic) bond motifs is 1. The zero-order valence-electron chi connectivity index (χ0n) is 7.80. The first-order valence-corrected chi connectivity index (χ1v) is 5.56. The van der Waals surface area contributed by atoms with Crippen molar-refractivity contribution in [3.05, 3.63) is 18.2 Å². The number of aldehydes is 1. The fraction of sp³-hybridized carbons (Fsp3) is 0.222. The molecule has 5 nitrogen and oxygen atoms in total. The van der Waals surface area contributed by atoms with Gasteiger partial charge in [0.15, 0.2) is 11.4 Å². The molecule has 1 N–H and O–H groups in total. The van der Waals surface area contributed by atoms with Gasteiger partial charge in [-0.15, -0.1) is 0 Å². The van der Waals surface area contributed by atoms with Gasteiger partial charge in [-0.05, 0) is 0 Å². The first-order valence-electron chi connectivity index (χ1n) is 4.57. The van der Waals surface area contributed by atoms with Crippen LogP contribution in [-0.2, 0) is 6.54 Å². The number of hydrogen-bond donors (Lipinski definition) is 1. The van der Waals surface area contributed by atoms with E-state index in [-0.39, 0.29) is 0 Å². The van der Waals surface area contributed by atoms with Gasteiger partial charge < -0.3 is 9.55 Å². The molecule has 3 heterocycles. The summed E-state index contributed by atoms with van der Waals surface area (Å²) in [5, 5.41) is 0.918. The maximum atomic E-state index is 11.0. The summed E-state index contributed by atoms with van der Waals surface area (Å²) in [4.78, 5) is 22.4. The summed E-state index contributed by atoms with van der Waals surface area (Å²) in [6.07, 6.45) is 4.12. The first-order chi connectivity index (χ1) is 7.40. The molecule has 1 aliphatic heterocycles. The van der Waals surface area contributed by atoms with Crippen LogP contribution in [0.4, 0.5) is 0 Å². The lowest BCUT2D eigenvalue weighted by Gasteiger charge is -1.97. The Balaban J connectivity index is 2.20. The van der Waals surface area contributed by atoms with Crippen LogP contribution in [-0.4, -0.2) is 31.6 Å². The molecular formula is C9H8N4OS. The van der Waals surface area contributed by atoms with E-state index in [9.17, 15) is 4.79 Å². The molecule has 0 aliphatic carbocycles. The van der Waals surface area contributed by atoms with Gasteiger partial charge in [0.2, 0.25) is 0 Å². The van der Waals surface area contributed by atoms with Crippen LogP contribution in [0.25, 0.3) is 11.4 Å². The number of rotatable bonds is 2. The van der Waals surface area contributed by atoms with Crippen LogP contribution < -0.4 is 0 Å². The van der Waals surface area contributed by atoms with Gasteiger partial charge >= 0.3 is 0 Å². The van der Waals surface area contributed by atoms with Crippen molar-refractivity contribution in [1.29, 1.82) is 0 Å². The molecule has 0 radical (unpaired) electrons. The molecule has 76 valence electrons. The second-order valence-electron chi connectivity index (χ2n) is 3.21. The minimum Gasteiger partial charge on any atom is -0.343 e. The van der Waals surface area contributed by atoms with Gasteiger partial charge in [0.05, 0.1) is 18.2 Å². The first kappa shape index (κ1) is 8.72. The van der Waals surface area contributed by atoms with Crippen LogP contribution in [0, 0.1) is 0 Å². The van der Waals surface area contributed by atoms with Crippen molar-refractivity contribution in [3.63, 3.8) is 0 Å². The highest BCUT2D eigenvalue weighted by Gasteiger charge is 2.22. The third kappa shape index (κ3) is 1.21. The molecule has 2 aromatic rings. The highest BCUT2D eigenvalue weighted by atomic mass is 32.2. The van der Waals surface area contributed by atoms with Crippen molar-refractivity contribution >= 4 is 18.0 Å². The maximum absolute atomic E-state index is 11.0. The van der Waals surface area contributed by atoms with E-state index in [2.05, 4.69) is 15.0 Å². The second kappa shape index (κ2) is 3.23. The van der Waals surface area contributed by atoms with E-state index in [0.29, 0.717) is 11.4 Å².